The van der Waals surface area contributed by atoms with Crippen LogP contribution in [0.4, 0.5) is 0 Å². The van der Waals surface area contributed by atoms with Crippen molar-refractivity contribution in [3.05, 3.63) is 41.9 Å². The van der Waals surface area contributed by atoms with Gasteiger partial charge in [0, 0.05) is 0 Å². The van der Waals surface area contributed by atoms with E-state index in [1.165, 1.54) is 0 Å². The van der Waals surface area contributed by atoms with Crippen LogP contribution in [-0.2, 0) is 0 Å². The molecule has 0 heteroatoms. The van der Waals surface area contributed by atoms with E-state index in [4.69, 9.17) is 6.85 Å². The molecule has 0 atom stereocenters. The lowest BCUT2D eigenvalue weighted by Gasteiger charge is -1.97. The SMILES string of the molecule is [2H]c1c([2H])c([2H])c(/C(C)=C\C)c([2H])c1[2H]. The van der Waals surface area contributed by atoms with Gasteiger partial charge in [-0.25, -0.2) is 0 Å². The maximum atomic E-state index is 7.66. The second-order valence-electron chi connectivity index (χ2n) is 1.97. The Labute approximate surface area is 69.2 Å². The van der Waals surface area contributed by atoms with Gasteiger partial charge in [-0.3, -0.25) is 0 Å². The summed E-state index contributed by atoms with van der Waals surface area (Å²) >= 11 is 0. The number of benzene rings is 1. The number of hydrogen-bond acceptors (Lipinski definition) is 0. The molecule has 0 heterocycles. The van der Waals surface area contributed by atoms with Crippen molar-refractivity contribution in [2.24, 2.45) is 0 Å². The summed E-state index contributed by atoms with van der Waals surface area (Å²) in [6.45, 7) is 3.50. The predicted molar refractivity (Wildman–Crippen MR) is 45.8 cm³/mol. The predicted octanol–water partition coefficient (Wildman–Crippen LogP) is 3.11. The number of rotatable bonds is 1. The van der Waals surface area contributed by atoms with Crippen LogP contribution in [0.2, 0.25) is 0 Å². The average molecular weight is 137 g/mol. The third-order valence-electron chi connectivity index (χ3n) is 1.33. The Morgan fingerprint density at radius 3 is 2.50 bits per heavy atom. The Kier molecular flexibility index (Phi) is 0.935. The van der Waals surface area contributed by atoms with Crippen LogP contribution in [0.25, 0.3) is 5.57 Å². The van der Waals surface area contributed by atoms with Gasteiger partial charge in [-0.2, -0.15) is 0 Å². The van der Waals surface area contributed by atoms with E-state index in [1.54, 1.807) is 19.9 Å². The quantitative estimate of drug-likeness (QED) is 0.558. The van der Waals surface area contributed by atoms with Crippen molar-refractivity contribution in [2.45, 2.75) is 13.8 Å². The van der Waals surface area contributed by atoms with Gasteiger partial charge in [0.05, 0.1) is 6.85 Å². The molecular formula is C10H12. The van der Waals surface area contributed by atoms with Crippen molar-refractivity contribution in [3.63, 3.8) is 0 Å². The lowest BCUT2D eigenvalue weighted by Crippen LogP contribution is -1.75. The second kappa shape index (κ2) is 3.21. The molecule has 0 aliphatic rings. The van der Waals surface area contributed by atoms with Crippen molar-refractivity contribution < 1.29 is 6.85 Å². The van der Waals surface area contributed by atoms with Gasteiger partial charge in [0.2, 0.25) is 0 Å². The normalized spacial score (nSPS) is 18.6. The van der Waals surface area contributed by atoms with E-state index in [2.05, 4.69) is 0 Å². The Balaban J connectivity index is 3.67. The van der Waals surface area contributed by atoms with Crippen LogP contribution in [0.3, 0.4) is 0 Å². The fourth-order valence-corrected chi connectivity index (χ4v) is 0.592. The molecule has 1 rings (SSSR count). The summed E-state index contributed by atoms with van der Waals surface area (Å²) in [7, 11) is 0. The maximum absolute atomic E-state index is 7.66. The summed E-state index contributed by atoms with van der Waals surface area (Å²) in [6, 6.07) is -1.20. The van der Waals surface area contributed by atoms with E-state index >= 15 is 0 Å². The van der Waals surface area contributed by atoms with Crippen LogP contribution >= 0.6 is 0 Å². The summed E-state index contributed by atoms with van der Waals surface area (Å²) < 4.78 is 37.7. The molecular weight excluding hydrogens is 120 g/mol. The van der Waals surface area contributed by atoms with E-state index in [0.717, 1.165) is 0 Å². The first-order valence-electron chi connectivity index (χ1n) is 5.62. The molecule has 0 radical (unpaired) electrons. The van der Waals surface area contributed by atoms with E-state index < -0.39 is 0 Å². The Hall–Kier alpha value is -1.04. The smallest absolute Gasteiger partial charge is 0.0629 e. The van der Waals surface area contributed by atoms with Crippen molar-refractivity contribution >= 4 is 5.57 Å². The fraction of sp³-hybridized carbons (Fsp3) is 0.200. The molecule has 0 N–H and O–H groups in total. The summed E-state index contributed by atoms with van der Waals surface area (Å²) in [5.74, 6) is 0. The molecule has 0 nitrogen and oxygen atoms in total. The van der Waals surface area contributed by atoms with Crippen LogP contribution in [-0.4, -0.2) is 0 Å². The van der Waals surface area contributed by atoms with Gasteiger partial charge in [-0.15, -0.1) is 0 Å². The first-order chi connectivity index (χ1) is 6.91. The van der Waals surface area contributed by atoms with Crippen molar-refractivity contribution in [1.29, 1.82) is 0 Å². The monoisotopic (exact) mass is 137 g/mol. The first kappa shape index (κ1) is 2.91. The third-order valence-corrected chi connectivity index (χ3v) is 1.33. The molecule has 10 heavy (non-hydrogen) atoms. The fourth-order valence-electron chi connectivity index (χ4n) is 0.592. The van der Waals surface area contributed by atoms with Crippen molar-refractivity contribution in [3.8, 4) is 0 Å². The van der Waals surface area contributed by atoms with Gasteiger partial charge in [-0.1, -0.05) is 36.3 Å². The highest BCUT2D eigenvalue weighted by Crippen LogP contribution is 2.11. The highest BCUT2D eigenvalue weighted by atomic mass is 13.9. The average Bonchev–Trinajstić information content (AvgIpc) is 2.23. The zero-order valence-corrected chi connectivity index (χ0v) is 6.08. The molecule has 0 amide bonds. The maximum Gasteiger partial charge on any atom is 0.0629 e. The third kappa shape index (κ3) is 1.47. The largest absolute Gasteiger partial charge is 0.0841 e. The standard InChI is InChI=1S/C10H12/c1-3-9(2)10-7-5-4-6-8-10/h3-8H,1-2H3/b9-3-/i4D,5D,6D,7D,8D. The van der Waals surface area contributed by atoms with Crippen molar-refractivity contribution in [2.75, 3.05) is 0 Å². The van der Waals surface area contributed by atoms with E-state index in [9.17, 15) is 0 Å². The summed E-state index contributed by atoms with van der Waals surface area (Å²) in [5, 5.41) is 0. The van der Waals surface area contributed by atoms with Gasteiger partial charge in [0.25, 0.3) is 0 Å². The molecule has 0 aliphatic carbocycles. The summed E-state index contributed by atoms with van der Waals surface area (Å²) in [5.41, 5.74) is 0.968. The zero-order chi connectivity index (χ0) is 11.7. The summed E-state index contributed by atoms with van der Waals surface area (Å²) in [6.07, 6.45) is 1.73. The molecule has 0 fully saturated rings. The minimum absolute atomic E-state index is 0.142. The Morgan fingerprint density at radius 2 is 2.00 bits per heavy atom. The van der Waals surface area contributed by atoms with Gasteiger partial charge in [0.1, 0.15) is 0 Å². The van der Waals surface area contributed by atoms with Crippen LogP contribution in [0.15, 0.2) is 36.3 Å². The molecule has 1 aromatic rings. The molecule has 0 bridgehead atoms. The molecule has 0 spiro atoms. The molecule has 0 saturated carbocycles. The van der Waals surface area contributed by atoms with Crippen LogP contribution in [0, 0.1) is 0 Å². The molecule has 0 saturated heterocycles. The van der Waals surface area contributed by atoms with Gasteiger partial charge in [0.15, 0.2) is 0 Å². The second-order valence-corrected chi connectivity index (χ2v) is 1.97. The minimum atomic E-state index is -0.349. The number of hydrogen-bond donors (Lipinski definition) is 0. The van der Waals surface area contributed by atoms with Gasteiger partial charge in [-0.05, 0) is 25.0 Å². The van der Waals surface area contributed by atoms with E-state index in [0.29, 0.717) is 5.57 Å². The van der Waals surface area contributed by atoms with Crippen LogP contribution < -0.4 is 0 Å². The van der Waals surface area contributed by atoms with Gasteiger partial charge < -0.3 is 0 Å². The van der Waals surface area contributed by atoms with Crippen LogP contribution in [0.1, 0.15) is 26.3 Å². The highest BCUT2D eigenvalue weighted by molar-refractivity contribution is 5.62. The molecule has 1 aromatic carbocycles. The molecule has 0 aliphatic heterocycles. The zero-order valence-electron chi connectivity index (χ0n) is 11.1. The van der Waals surface area contributed by atoms with E-state index in [1.807, 2.05) is 0 Å². The lowest BCUT2D eigenvalue weighted by molar-refractivity contribution is 1.54. The van der Waals surface area contributed by atoms with Crippen molar-refractivity contribution in [1.82, 2.24) is 0 Å². The summed E-state index contributed by atoms with van der Waals surface area (Å²) in [4.78, 5) is 0. The Morgan fingerprint density at radius 1 is 1.40 bits per heavy atom. The number of allylic oxidation sites excluding steroid dienone is 2. The minimum Gasteiger partial charge on any atom is -0.0841 e. The molecule has 0 unspecified atom stereocenters. The Bertz CT molecular complexity index is 405. The van der Waals surface area contributed by atoms with Crippen LogP contribution in [0.5, 0.6) is 0 Å². The molecule has 0 aromatic heterocycles. The van der Waals surface area contributed by atoms with Gasteiger partial charge >= 0.3 is 0 Å². The highest BCUT2D eigenvalue weighted by Gasteiger charge is 1.88. The topological polar surface area (TPSA) is 0 Å². The molecule has 52 valence electrons. The van der Waals surface area contributed by atoms with E-state index in [-0.39, 0.29) is 35.8 Å². The lowest BCUT2D eigenvalue weighted by atomic mass is 10.1. The first-order valence-corrected chi connectivity index (χ1v) is 3.12.